The van der Waals surface area contributed by atoms with E-state index in [4.69, 9.17) is 5.73 Å². The molecule has 3 nitrogen and oxygen atoms in total. The summed E-state index contributed by atoms with van der Waals surface area (Å²) >= 11 is 0. The summed E-state index contributed by atoms with van der Waals surface area (Å²) in [6.45, 7) is 0.745. The lowest BCUT2D eigenvalue weighted by atomic mass is 10.4. The molecule has 0 saturated heterocycles. The molecular formula is C5H15Cl3N2O. The van der Waals surface area contributed by atoms with Crippen LogP contribution in [0.2, 0.25) is 0 Å². The van der Waals surface area contributed by atoms with Crippen LogP contribution in [0.1, 0.15) is 6.42 Å². The minimum atomic E-state index is -0.237. The molecule has 0 aliphatic heterocycles. The lowest BCUT2D eigenvalue weighted by Crippen LogP contribution is -2.20. The first-order chi connectivity index (χ1) is 3.63. The molecule has 0 saturated carbocycles. The predicted octanol–water partition coefficient (Wildman–Crippen LogP) is 0.689. The maximum absolute atomic E-state index is 10.1. The van der Waals surface area contributed by atoms with Gasteiger partial charge in [-0.3, -0.25) is 4.79 Å². The summed E-state index contributed by atoms with van der Waals surface area (Å²) in [5.41, 5.74) is 4.88. The number of hydrogen-bond acceptors (Lipinski definition) is 2. The van der Waals surface area contributed by atoms with Crippen molar-refractivity contribution in [1.82, 2.24) is 4.90 Å². The molecule has 0 spiro atoms. The molecule has 0 heterocycles. The Morgan fingerprint density at radius 2 is 1.64 bits per heavy atom. The van der Waals surface area contributed by atoms with E-state index >= 15 is 0 Å². The maximum Gasteiger partial charge on any atom is 0.218 e. The topological polar surface area (TPSA) is 46.3 Å². The van der Waals surface area contributed by atoms with Gasteiger partial charge >= 0.3 is 0 Å². The lowest BCUT2D eigenvalue weighted by Gasteiger charge is -2.05. The first-order valence-corrected chi connectivity index (χ1v) is 2.56. The van der Waals surface area contributed by atoms with Crippen LogP contribution in [0, 0.1) is 0 Å². The van der Waals surface area contributed by atoms with Crippen molar-refractivity contribution in [3.05, 3.63) is 0 Å². The van der Waals surface area contributed by atoms with Gasteiger partial charge in [0.15, 0.2) is 0 Å². The highest BCUT2D eigenvalue weighted by molar-refractivity contribution is 5.86. The van der Waals surface area contributed by atoms with Crippen molar-refractivity contribution >= 4 is 43.1 Å². The van der Waals surface area contributed by atoms with Gasteiger partial charge in [0.25, 0.3) is 0 Å². The Labute approximate surface area is 85.9 Å². The molecule has 0 radical (unpaired) electrons. The van der Waals surface area contributed by atoms with E-state index in [9.17, 15) is 4.79 Å². The van der Waals surface area contributed by atoms with Crippen molar-refractivity contribution in [1.29, 1.82) is 0 Å². The molecule has 11 heavy (non-hydrogen) atoms. The Hall–Kier alpha value is 0.300. The summed E-state index contributed by atoms with van der Waals surface area (Å²) in [5, 5.41) is 0. The van der Waals surface area contributed by atoms with Crippen LogP contribution in [0.15, 0.2) is 0 Å². The number of primary amides is 1. The van der Waals surface area contributed by atoms with Gasteiger partial charge < -0.3 is 10.6 Å². The fourth-order valence-electron chi connectivity index (χ4n) is 0.334. The maximum atomic E-state index is 10.1. The van der Waals surface area contributed by atoms with Crippen molar-refractivity contribution in [2.75, 3.05) is 20.6 Å². The van der Waals surface area contributed by atoms with Gasteiger partial charge in [-0.25, -0.2) is 0 Å². The third-order valence-corrected chi connectivity index (χ3v) is 0.805. The molecule has 0 aliphatic rings. The van der Waals surface area contributed by atoms with Crippen molar-refractivity contribution in [2.45, 2.75) is 6.42 Å². The van der Waals surface area contributed by atoms with Crippen LogP contribution in [-0.4, -0.2) is 31.4 Å². The number of nitrogens with zero attached hydrogens (tertiary/aromatic N) is 1. The van der Waals surface area contributed by atoms with E-state index in [1.807, 2.05) is 19.0 Å². The van der Waals surface area contributed by atoms with Crippen LogP contribution in [-0.2, 0) is 4.79 Å². The molecule has 6 heteroatoms. The van der Waals surface area contributed by atoms with E-state index in [1.165, 1.54) is 0 Å². The van der Waals surface area contributed by atoms with Crippen molar-refractivity contribution < 1.29 is 4.79 Å². The standard InChI is InChI=1S/C5H12N2O.3ClH/c1-7(2)4-3-5(6)8;;;/h3-4H2,1-2H3,(H2,6,8);3*1H. The summed E-state index contributed by atoms with van der Waals surface area (Å²) in [4.78, 5) is 12.0. The van der Waals surface area contributed by atoms with Gasteiger partial charge in [-0.05, 0) is 14.1 Å². The third-order valence-electron chi connectivity index (χ3n) is 0.805. The van der Waals surface area contributed by atoms with Crippen LogP contribution in [0.4, 0.5) is 0 Å². The Morgan fingerprint density at radius 1 is 1.27 bits per heavy atom. The second kappa shape index (κ2) is 12.9. The molecule has 72 valence electrons. The van der Waals surface area contributed by atoms with Crippen molar-refractivity contribution in [3.8, 4) is 0 Å². The summed E-state index contributed by atoms with van der Waals surface area (Å²) in [7, 11) is 3.81. The summed E-state index contributed by atoms with van der Waals surface area (Å²) in [6.07, 6.45) is 0.451. The normalized spacial score (nSPS) is 7.18. The number of nitrogens with two attached hydrogens (primary N) is 1. The highest BCUT2D eigenvalue weighted by atomic mass is 35.5. The number of amides is 1. The quantitative estimate of drug-likeness (QED) is 0.768. The van der Waals surface area contributed by atoms with E-state index in [0.29, 0.717) is 6.42 Å². The van der Waals surface area contributed by atoms with Gasteiger partial charge in [-0.2, -0.15) is 0 Å². The Bertz CT molecular complexity index is 89.8. The molecule has 2 N–H and O–H groups in total. The van der Waals surface area contributed by atoms with Crippen molar-refractivity contribution in [3.63, 3.8) is 0 Å². The Balaban J connectivity index is -0.0000000817. The fraction of sp³-hybridized carbons (Fsp3) is 0.800. The smallest absolute Gasteiger partial charge is 0.218 e. The van der Waals surface area contributed by atoms with E-state index in [1.54, 1.807) is 0 Å². The van der Waals surface area contributed by atoms with E-state index < -0.39 is 0 Å². The monoisotopic (exact) mass is 224 g/mol. The number of rotatable bonds is 3. The zero-order valence-corrected chi connectivity index (χ0v) is 9.02. The van der Waals surface area contributed by atoms with Gasteiger partial charge in [0.2, 0.25) is 5.91 Å². The van der Waals surface area contributed by atoms with Gasteiger partial charge in [-0.15, -0.1) is 37.2 Å². The van der Waals surface area contributed by atoms with Gasteiger partial charge in [0, 0.05) is 13.0 Å². The second-order valence-corrected chi connectivity index (χ2v) is 2.02. The minimum absolute atomic E-state index is 0. The number of carbonyl (C=O) groups excluding carboxylic acids is 1. The van der Waals surface area contributed by atoms with Crippen LogP contribution in [0.25, 0.3) is 0 Å². The Kier molecular flexibility index (Phi) is 26.4. The minimum Gasteiger partial charge on any atom is -0.370 e. The van der Waals surface area contributed by atoms with Crippen molar-refractivity contribution in [2.24, 2.45) is 5.73 Å². The Morgan fingerprint density at radius 3 is 1.73 bits per heavy atom. The molecule has 0 atom stereocenters. The van der Waals surface area contributed by atoms with Gasteiger partial charge in [-0.1, -0.05) is 0 Å². The van der Waals surface area contributed by atoms with Gasteiger partial charge in [0.05, 0.1) is 0 Å². The summed E-state index contributed by atoms with van der Waals surface area (Å²) < 4.78 is 0. The van der Waals surface area contributed by atoms with Crippen LogP contribution >= 0.6 is 37.2 Å². The molecule has 0 bridgehead atoms. The van der Waals surface area contributed by atoms with Crippen LogP contribution in [0.5, 0.6) is 0 Å². The lowest BCUT2D eigenvalue weighted by molar-refractivity contribution is -0.118. The van der Waals surface area contributed by atoms with Gasteiger partial charge in [0.1, 0.15) is 0 Å². The number of carbonyl (C=O) groups is 1. The molecule has 0 aromatic heterocycles. The first-order valence-electron chi connectivity index (χ1n) is 2.56. The van der Waals surface area contributed by atoms with E-state index in [0.717, 1.165) is 6.54 Å². The number of halogens is 3. The molecule has 0 aromatic carbocycles. The zero-order valence-electron chi connectivity index (χ0n) is 6.57. The highest BCUT2D eigenvalue weighted by Crippen LogP contribution is 1.78. The molecule has 0 rings (SSSR count). The highest BCUT2D eigenvalue weighted by Gasteiger charge is 1.93. The molecular weight excluding hydrogens is 210 g/mol. The van der Waals surface area contributed by atoms with Crippen LogP contribution < -0.4 is 5.73 Å². The summed E-state index contributed by atoms with van der Waals surface area (Å²) in [5.74, 6) is -0.237. The predicted molar refractivity (Wildman–Crippen MR) is 54.1 cm³/mol. The molecule has 0 unspecified atom stereocenters. The van der Waals surface area contributed by atoms with Crippen LogP contribution in [0.3, 0.4) is 0 Å². The first kappa shape index (κ1) is 22.5. The molecule has 0 aliphatic carbocycles. The largest absolute Gasteiger partial charge is 0.370 e. The molecule has 0 aromatic rings. The third kappa shape index (κ3) is 25.3. The molecule has 1 amide bonds. The second-order valence-electron chi connectivity index (χ2n) is 2.02. The molecule has 0 fully saturated rings. The fourth-order valence-corrected chi connectivity index (χ4v) is 0.334. The number of hydrogen-bond donors (Lipinski definition) is 1. The summed E-state index contributed by atoms with van der Waals surface area (Å²) in [6, 6.07) is 0. The average Bonchev–Trinajstić information content (AvgIpc) is 1.61. The zero-order chi connectivity index (χ0) is 6.57. The SMILES string of the molecule is CN(C)CCC(N)=O.Cl.Cl.Cl. The average molecular weight is 226 g/mol. The van der Waals surface area contributed by atoms with E-state index in [2.05, 4.69) is 0 Å². The van der Waals surface area contributed by atoms with E-state index in [-0.39, 0.29) is 43.1 Å².